The van der Waals surface area contributed by atoms with Gasteiger partial charge >= 0.3 is 12.1 Å². The Morgan fingerprint density at radius 2 is 1.96 bits per heavy atom. The molecule has 0 saturated carbocycles. The van der Waals surface area contributed by atoms with Gasteiger partial charge in [0.15, 0.2) is 0 Å². The summed E-state index contributed by atoms with van der Waals surface area (Å²) in [7, 11) is 1.27. The Hall–Kier alpha value is -3.29. The molecule has 1 heterocycles. The van der Waals surface area contributed by atoms with Crippen molar-refractivity contribution in [1.82, 2.24) is 4.98 Å². The van der Waals surface area contributed by atoms with Crippen LogP contribution in [0.5, 0.6) is 0 Å². The van der Waals surface area contributed by atoms with Crippen LogP contribution in [0.2, 0.25) is 0 Å². The molecular formula is C18H14F3N3O2. The van der Waals surface area contributed by atoms with Gasteiger partial charge in [-0.2, -0.15) is 13.2 Å². The maximum absolute atomic E-state index is 12.7. The van der Waals surface area contributed by atoms with Gasteiger partial charge in [-0.25, -0.2) is 4.79 Å². The van der Waals surface area contributed by atoms with Gasteiger partial charge in [-0.1, -0.05) is 6.07 Å². The average molecular weight is 361 g/mol. The zero-order chi connectivity index (χ0) is 19.0. The van der Waals surface area contributed by atoms with Crippen molar-refractivity contribution in [3.8, 4) is 0 Å². The van der Waals surface area contributed by atoms with Crippen LogP contribution in [0.15, 0.2) is 58.8 Å². The molecule has 0 atom stereocenters. The highest BCUT2D eigenvalue weighted by Crippen LogP contribution is 2.31. The van der Waals surface area contributed by atoms with Crippen molar-refractivity contribution in [2.45, 2.75) is 6.18 Å². The Morgan fingerprint density at radius 1 is 1.19 bits per heavy atom. The fourth-order valence-electron chi connectivity index (χ4n) is 1.87. The van der Waals surface area contributed by atoms with Gasteiger partial charge in [0.1, 0.15) is 0 Å². The first kappa shape index (κ1) is 19.0. The summed E-state index contributed by atoms with van der Waals surface area (Å²) >= 11 is 0. The predicted octanol–water partition coefficient (Wildman–Crippen LogP) is 4.39. The molecule has 0 bridgehead atoms. The van der Waals surface area contributed by atoms with Crippen molar-refractivity contribution in [2.75, 3.05) is 7.11 Å². The van der Waals surface area contributed by atoms with Crippen LogP contribution in [0.4, 0.5) is 24.5 Å². The molecule has 1 aromatic heterocycles. The van der Waals surface area contributed by atoms with Crippen molar-refractivity contribution < 1.29 is 22.7 Å². The van der Waals surface area contributed by atoms with Gasteiger partial charge in [0.25, 0.3) is 0 Å². The first-order valence-electron chi connectivity index (χ1n) is 7.34. The zero-order valence-corrected chi connectivity index (χ0v) is 13.6. The topological polar surface area (TPSA) is 63.9 Å². The number of rotatable bonds is 5. The van der Waals surface area contributed by atoms with Crippen LogP contribution in [-0.2, 0) is 15.7 Å². The second-order valence-electron chi connectivity index (χ2n) is 4.90. The summed E-state index contributed by atoms with van der Waals surface area (Å²) in [6.45, 7) is 0. The minimum absolute atomic E-state index is 0.156. The summed E-state index contributed by atoms with van der Waals surface area (Å²) in [5.74, 6) is -0.511. The van der Waals surface area contributed by atoms with Gasteiger partial charge in [0.05, 0.1) is 30.2 Å². The van der Waals surface area contributed by atoms with Crippen LogP contribution >= 0.6 is 0 Å². The third kappa shape index (κ3) is 5.66. The van der Waals surface area contributed by atoms with Crippen LogP contribution in [0.3, 0.4) is 0 Å². The summed E-state index contributed by atoms with van der Waals surface area (Å²) in [6.07, 6.45) is 3.95. The summed E-state index contributed by atoms with van der Waals surface area (Å²) < 4.78 is 42.5. The number of halogens is 3. The van der Waals surface area contributed by atoms with E-state index in [0.29, 0.717) is 11.3 Å². The zero-order valence-electron chi connectivity index (χ0n) is 13.6. The summed E-state index contributed by atoms with van der Waals surface area (Å²) in [4.78, 5) is 23.1. The maximum Gasteiger partial charge on any atom is 0.416 e. The highest BCUT2D eigenvalue weighted by Gasteiger charge is 2.30. The molecule has 0 unspecified atom stereocenters. The molecule has 0 aliphatic rings. The lowest BCUT2D eigenvalue weighted by Crippen LogP contribution is -2.03. The second-order valence-corrected chi connectivity index (χ2v) is 4.90. The number of ether oxygens (including phenoxy) is 1. The number of hydrogen-bond acceptors (Lipinski definition) is 5. The predicted molar refractivity (Wildman–Crippen MR) is 93.0 cm³/mol. The number of esters is 1. The van der Waals surface area contributed by atoms with Crippen molar-refractivity contribution in [2.24, 2.45) is 9.98 Å². The number of aliphatic imine (C=N–C) groups is 2. The van der Waals surface area contributed by atoms with E-state index in [1.54, 1.807) is 6.07 Å². The third-order valence-corrected chi connectivity index (χ3v) is 3.11. The van der Waals surface area contributed by atoms with Crippen LogP contribution in [0, 0.1) is 0 Å². The molecule has 0 radical (unpaired) electrons. The number of benzene rings is 1. The number of alkyl halides is 3. The Balaban J connectivity index is 2.13. The van der Waals surface area contributed by atoms with E-state index < -0.39 is 17.7 Å². The van der Waals surface area contributed by atoms with E-state index in [1.165, 1.54) is 56.2 Å². The van der Waals surface area contributed by atoms with Crippen LogP contribution in [0.25, 0.3) is 6.08 Å². The summed E-state index contributed by atoms with van der Waals surface area (Å²) in [5, 5.41) is 0. The number of pyridine rings is 1. The largest absolute Gasteiger partial charge is 0.466 e. The molecule has 0 aliphatic carbocycles. The molecule has 0 fully saturated rings. The molecule has 2 rings (SSSR count). The van der Waals surface area contributed by atoms with Gasteiger partial charge in [0, 0.05) is 30.3 Å². The van der Waals surface area contributed by atoms with E-state index in [4.69, 9.17) is 0 Å². The van der Waals surface area contributed by atoms with Crippen LogP contribution < -0.4 is 0 Å². The number of hydrogen-bond donors (Lipinski definition) is 0. The quantitative estimate of drug-likeness (QED) is 0.451. The van der Waals surface area contributed by atoms with Gasteiger partial charge in [-0.3, -0.25) is 15.0 Å². The fraction of sp³-hybridized carbons (Fsp3) is 0.111. The third-order valence-electron chi connectivity index (χ3n) is 3.11. The Bertz CT molecular complexity index is 859. The van der Waals surface area contributed by atoms with Gasteiger partial charge in [-0.15, -0.1) is 0 Å². The molecule has 2 aromatic rings. The van der Waals surface area contributed by atoms with E-state index in [2.05, 4.69) is 19.7 Å². The van der Waals surface area contributed by atoms with Crippen molar-refractivity contribution >= 4 is 35.8 Å². The van der Waals surface area contributed by atoms with E-state index in [9.17, 15) is 18.0 Å². The molecule has 0 spiro atoms. The number of carbonyl (C=O) groups excluding carboxylic acids is 1. The number of nitrogens with zero attached hydrogens (tertiary/aromatic N) is 3. The van der Waals surface area contributed by atoms with E-state index in [1.807, 2.05) is 0 Å². The Labute approximate surface area is 147 Å². The monoisotopic (exact) mass is 361 g/mol. The average Bonchev–Trinajstić information content (AvgIpc) is 2.63. The molecule has 1 aromatic carbocycles. The minimum Gasteiger partial charge on any atom is -0.466 e. The summed E-state index contributed by atoms with van der Waals surface area (Å²) in [5.41, 5.74) is 0.465. The Morgan fingerprint density at radius 3 is 2.69 bits per heavy atom. The first-order chi connectivity index (χ1) is 12.4. The lowest BCUT2D eigenvalue weighted by molar-refractivity contribution is -0.137. The van der Waals surface area contributed by atoms with E-state index in [-0.39, 0.29) is 5.69 Å². The molecule has 0 amide bonds. The smallest absolute Gasteiger partial charge is 0.416 e. The fourth-order valence-corrected chi connectivity index (χ4v) is 1.87. The maximum atomic E-state index is 12.7. The minimum atomic E-state index is -4.42. The number of aromatic nitrogens is 1. The lowest BCUT2D eigenvalue weighted by atomic mass is 10.2. The van der Waals surface area contributed by atoms with Crippen molar-refractivity contribution in [3.63, 3.8) is 0 Å². The van der Waals surface area contributed by atoms with E-state index >= 15 is 0 Å². The van der Waals surface area contributed by atoms with Gasteiger partial charge in [0.2, 0.25) is 0 Å². The molecule has 0 N–H and O–H groups in total. The molecular weight excluding hydrogens is 347 g/mol. The number of methoxy groups -OCH3 is 1. The van der Waals surface area contributed by atoms with Gasteiger partial charge in [-0.05, 0) is 30.3 Å². The molecule has 8 heteroatoms. The number of carbonyl (C=O) groups is 1. The molecule has 26 heavy (non-hydrogen) atoms. The molecule has 5 nitrogen and oxygen atoms in total. The standard InChI is InChI=1S/C18H14F3N3O2/c1-26-17(25)6-5-13-7-8-22-12-16(13)24-10-9-23-15-4-2-3-14(11-15)18(19,20)21/h2-12H,1H3. The van der Waals surface area contributed by atoms with Crippen molar-refractivity contribution in [3.05, 3.63) is 59.9 Å². The van der Waals surface area contributed by atoms with Crippen LogP contribution in [-0.4, -0.2) is 30.5 Å². The lowest BCUT2D eigenvalue weighted by Gasteiger charge is -2.06. The molecule has 0 saturated heterocycles. The van der Waals surface area contributed by atoms with E-state index in [0.717, 1.165) is 12.1 Å². The Kier molecular flexibility index (Phi) is 6.37. The first-order valence-corrected chi connectivity index (χ1v) is 7.34. The molecule has 134 valence electrons. The highest BCUT2D eigenvalue weighted by molar-refractivity contribution is 6.17. The van der Waals surface area contributed by atoms with Crippen LogP contribution in [0.1, 0.15) is 11.1 Å². The second kappa shape index (κ2) is 8.70. The molecule has 0 aliphatic heterocycles. The van der Waals surface area contributed by atoms with Crippen molar-refractivity contribution in [1.29, 1.82) is 0 Å². The van der Waals surface area contributed by atoms with Gasteiger partial charge < -0.3 is 4.74 Å². The summed E-state index contributed by atoms with van der Waals surface area (Å²) in [6, 6.07) is 6.30. The normalized spacial score (nSPS) is 12.3. The highest BCUT2D eigenvalue weighted by atomic mass is 19.4. The SMILES string of the molecule is COC(=O)C=Cc1ccncc1N=CC=Nc1cccc(C(F)(F)F)c1.